The molecule has 1 rings (SSSR count). The van der Waals surface area contributed by atoms with Crippen LogP contribution in [0.25, 0.3) is 0 Å². The van der Waals surface area contributed by atoms with E-state index in [0.29, 0.717) is 13.0 Å². The van der Waals surface area contributed by atoms with Gasteiger partial charge < -0.3 is 4.74 Å². The largest absolute Gasteiger partial charge is 0.353 e. The van der Waals surface area contributed by atoms with Gasteiger partial charge in [-0.25, -0.2) is 0 Å². The van der Waals surface area contributed by atoms with Crippen LogP contribution in [0, 0.1) is 11.3 Å². The van der Waals surface area contributed by atoms with Crippen LogP contribution in [0.5, 0.6) is 0 Å². The number of hydrogen-bond donors (Lipinski definition) is 0. The third kappa shape index (κ3) is 0.718. The van der Waals surface area contributed by atoms with Gasteiger partial charge in [-0.15, -0.1) is 0 Å². The predicted octanol–water partition coefficient (Wildman–Crippen LogP) is 0.258. The predicted molar refractivity (Wildman–Crippen MR) is 29.6 cm³/mol. The van der Waals surface area contributed by atoms with Crippen molar-refractivity contribution in [3.05, 3.63) is 0 Å². The fourth-order valence-electron chi connectivity index (χ4n) is 0.751. The van der Waals surface area contributed by atoms with Crippen LogP contribution in [0.1, 0.15) is 13.3 Å². The maximum Gasteiger partial charge on any atom is 0.214 e. The van der Waals surface area contributed by atoms with Crippen molar-refractivity contribution < 1.29 is 9.53 Å². The molecule has 3 nitrogen and oxygen atoms in total. The molecule has 1 aliphatic rings. The molecule has 0 spiro atoms. The highest BCUT2D eigenvalue weighted by Gasteiger charge is 2.43. The maximum atomic E-state index is 10.6. The van der Waals surface area contributed by atoms with Crippen LogP contribution in [0.15, 0.2) is 0 Å². The molecule has 0 aromatic carbocycles. The summed E-state index contributed by atoms with van der Waals surface area (Å²) in [4.78, 5) is 10.6. The first-order valence-electron chi connectivity index (χ1n) is 2.77. The molecule has 0 aliphatic carbocycles. The fourth-order valence-corrected chi connectivity index (χ4v) is 0.751. The molecular weight excluding hydrogens is 118 g/mol. The molecule has 9 heavy (non-hydrogen) atoms. The molecule has 0 aromatic heterocycles. The van der Waals surface area contributed by atoms with Crippen molar-refractivity contribution in [2.24, 2.45) is 0 Å². The van der Waals surface area contributed by atoms with Gasteiger partial charge in [-0.05, 0) is 6.92 Å². The molecule has 1 atom stereocenters. The second-order valence-corrected chi connectivity index (χ2v) is 2.09. The van der Waals surface area contributed by atoms with Gasteiger partial charge in [-0.2, -0.15) is 5.26 Å². The first-order chi connectivity index (χ1) is 4.21. The van der Waals surface area contributed by atoms with Crippen molar-refractivity contribution in [2.45, 2.75) is 18.9 Å². The van der Waals surface area contributed by atoms with Crippen LogP contribution >= 0.6 is 0 Å². The fraction of sp³-hybridized carbons (Fsp3) is 0.667. The minimum atomic E-state index is -1.07. The van der Waals surface area contributed by atoms with Gasteiger partial charge >= 0.3 is 0 Å². The molecule has 0 amide bonds. The van der Waals surface area contributed by atoms with Crippen LogP contribution in [0.3, 0.4) is 0 Å². The Hall–Kier alpha value is -0.880. The standard InChI is InChI=1S/C6H7NO2/c1-5(8)6(4-7)2-3-9-6/h2-3H2,1H3. The number of nitrogens with zero attached hydrogens (tertiary/aromatic N) is 1. The molecule has 0 radical (unpaired) electrons. The van der Waals surface area contributed by atoms with Crippen LogP contribution < -0.4 is 0 Å². The molecule has 0 bridgehead atoms. The van der Waals surface area contributed by atoms with Crippen molar-refractivity contribution in [1.82, 2.24) is 0 Å². The summed E-state index contributed by atoms with van der Waals surface area (Å²) in [5, 5.41) is 8.41. The number of ether oxygens (including phenoxy) is 1. The van der Waals surface area contributed by atoms with Crippen molar-refractivity contribution in [3.63, 3.8) is 0 Å². The second kappa shape index (κ2) is 1.82. The van der Waals surface area contributed by atoms with Crippen molar-refractivity contribution in [2.75, 3.05) is 6.61 Å². The molecule has 48 valence electrons. The number of hydrogen-bond acceptors (Lipinski definition) is 3. The maximum absolute atomic E-state index is 10.6. The molecule has 0 aromatic rings. The molecule has 1 aliphatic heterocycles. The van der Waals surface area contributed by atoms with E-state index in [0.717, 1.165) is 0 Å². The third-order valence-electron chi connectivity index (χ3n) is 1.55. The van der Waals surface area contributed by atoms with E-state index in [2.05, 4.69) is 0 Å². The summed E-state index contributed by atoms with van der Waals surface area (Å²) in [6, 6.07) is 1.84. The zero-order chi connectivity index (χ0) is 6.91. The van der Waals surface area contributed by atoms with Gasteiger partial charge in [-0.3, -0.25) is 4.79 Å². The van der Waals surface area contributed by atoms with Crippen molar-refractivity contribution in [1.29, 1.82) is 5.26 Å². The molecule has 0 N–H and O–H groups in total. The number of carbonyl (C=O) groups excluding carboxylic acids is 1. The SMILES string of the molecule is CC(=O)C1(C#N)CCO1. The summed E-state index contributed by atoms with van der Waals surface area (Å²) in [6.45, 7) is 1.91. The minimum Gasteiger partial charge on any atom is -0.353 e. The minimum absolute atomic E-state index is 0.184. The van der Waals surface area contributed by atoms with Crippen molar-refractivity contribution >= 4 is 5.78 Å². The summed E-state index contributed by atoms with van der Waals surface area (Å²) in [5.41, 5.74) is -1.07. The number of nitriles is 1. The lowest BCUT2D eigenvalue weighted by Gasteiger charge is -2.32. The quantitative estimate of drug-likeness (QED) is 0.505. The zero-order valence-corrected chi connectivity index (χ0v) is 5.18. The number of rotatable bonds is 1. The highest BCUT2D eigenvalue weighted by molar-refractivity contribution is 5.88. The van der Waals surface area contributed by atoms with E-state index in [-0.39, 0.29) is 5.78 Å². The van der Waals surface area contributed by atoms with Gasteiger partial charge in [0.25, 0.3) is 0 Å². The zero-order valence-electron chi connectivity index (χ0n) is 5.18. The van der Waals surface area contributed by atoms with Gasteiger partial charge in [0, 0.05) is 6.42 Å². The van der Waals surface area contributed by atoms with Crippen LogP contribution in [-0.2, 0) is 9.53 Å². The Balaban J connectivity index is 2.71. The van der Waals surface area contributed by atoms with E-state index in [4.69, 9.17) is 10.00 Å². The lowest BCUT2D eigenvalue weighted by molar-refractivity contribution is -0.155. The molecule has 3 heteroatoms. The third-order valence-corrected chi connectivity index (χ3v) is 1.55. The molecule has 1 saturated heterocycles. The van der Waals surface area contributed by atoms with Gasteiger partial charge in [0.05, 0.1) is 6.61 Å². The van der Waals surface area contributed by atoms with Gasteiger partial charge in [0.15, 0.2) is 5.78 Å². The van der Waals surface area contributed by atoms with E-state index in [1.807, 2.05) is 6.07 Å². The van der Waals surface area contributed by atoms with Gasteiger partial charge in [-0.1, -0.05) is 0 Å². The Kier molecular flexibility index (Phi) is 1.26. The van der Waals surface area contributed by atoms with E-state index < -0.39 is 5.60 Å². The first-order valence-corrected chi connectivity index (χ1v) is 2.77. The first kappa shape index (κ1) is 6.24. The highest BCUT2D eigenvalue weighted by Crippen LogP contribution is 2.25. The normalized spacial score (nSPS) is 32.4. The molecule has 0 saturated carbocycles. The number of carbonyl (C=O) groups is 1. The van der Waals surface area contributed by atoms with E-state index in [1.54, 1.807) is 0 Å². The van der Waals surface area contributed by atoms with Gasteiger partial charge in [0.1, 0.15) is 6.07 Å². The van der Waals surface area contributed by atoms with E-state index >= 15 is 0 Å². The molecular formula is C6H7NO2. The Morgan fingerprint density at radius 1 is 1.89 bits per heavy atom. The molecule has 1 heterocycles. The summed E-state index contributed by atoms with van der Waals surface area (Å²) >= 11 is 0. The van der Waals surface area contributed by atoms with Gasteiger partial charge in [0.2, 0.25) is 5.60 Å². The van der Waals surface area contributed by atoms with E-state index in [1.165, 1.54) is 6.92 Å². The molecule has 1 fully saturated rings. The lowest BCUT2D eigenvalue weighted by Crippen LogP contribution is -2.48. The van der Waals surface area contributed by atoms with E-state index in [9.17, 15) is 4.79 Å². The average Bonchev–Trinajstić information content (AvgIpc) is 1.62. The second-order valence-electron chi connectivity index (χ2n) is 2.09. The van der Waals surface area contributed by atoms with Crippen molar-refractivity contribution in [3.8, 4) is 6.07 Å². The topological polar surface area (TPSA) is 50.1 Å². The molecule has 1 unspecified atom stereocenters. The Morgan fingerprint density at radius 3 is 2.44 bits per heavy atom. The Labute approximate surface area is 53.2 Å². The van der Waals surface area contributed by atoms with Crippen LogP contribution in [0.4, 0.5) is 0 Å². The highest BCUT2D eigenvalue weighted by atomic mass is 16.5. The number of Topliss-reactive ketones (excluding diaryl/α,β-unsaturated/α-hetero) is 1. The smallest absolute Gasteiger partial charge is 0.214 e. The summed E-state index contributed by atoms with van der Waals surface area (Å²) < 4.78 is 4.82. The summed E-state index contributed by atoms with van der Waals surface area (Å²) in [6.07, 6.45) is 0.554. The Morgan fingerprint density at radius 2 is 2.44 bits per heavy atom. The monoisotopic (exact) mass is 125 g/mol. The lowest BCUT2D eigenvalue weighted by atomic mass is 9.93. The summed E-state index contributed by atoms with van der Waals surface area (Å²) in [5.74, 6) is -0.184. The Bertz CT molecular complexity index is 176. The van der Waals surface area contributed by atoms with Crippen LogP contribution in [0.2, 0.25) is 0 Å². The van der Waals surface area contributed by atoms with Crippen LogP contribution in [-0.4, -0.2) is 18.0 Å². The average molecular weight is 125 g/mol. The number of ketones is 1. The summed E-state index contributed by atoms with van der Waals surface area (Å²) in [7, 11) is 0.